The highest BCUT2D eigenvalue weighted by Gasteiger charge is 2.37. The summed E-state index contributed by atoms with van der Waals surface area (Å²) in [4.78, 5) is 19.9. The van der Waals surface area contributed by atoms with Gasteiger partial charge < -0.3 is 9.64 Å². The Morgan fingerprint density at radius 2 is 2.24 bits per heavy atom. The van der Waals surface area contributed by atoms with Crippen LogP contribution in [-0.2, 0) is 16.1 Å². The largest absolute Gasteiger partial charge is 0.383 e. The lowest BCUT2D eigenvalue weighted by molar-refractivity contribution is -0.135. The van der Waals surface area contributed by atoms with Gasteiger partial charge in [0.05, 0.1) is 24.4 Å². The molecular weight excluding hydrogens is 284 g/mol. The number of carbonyl (C=O) groups is 1. The fourth-order valence-corrected chi connectivity index (χ4v) is 3.96. The Hall–Kier alpha value is -0.940. The first-order chi connectivity index (χ1) is 9.91. The average Bonchev–Trinajstić information content (AvgIpc) is 2.77. The molecule has 118 valence electrons. The fraction of sp³-hybridized carbons (Fsp3) is 0.750. The van der Waals surface area contributed by atoms with Crippen molar-refractivity contribution in [1.29, 1.82) is 0 Å². The molecule has 0 bridgehead atoms. The van der Waals surface area contributed by atoms with E-state index in [1.165, 1.54) is 4.88 Å². The van der Waals surface area contributed by atoms with E-state index in [4.69, 9.17) is 4.74 Å². The van der Waals surface area contributed by atoms with Gasteiger partial charge in [-0.2, -0.15) is 0 Å². The number of amides is 1. The van der Waals surface area contributed by atoms with Gasteiger partial charge >= 0.3 is 0 Å². The molecule has 1 aromatic rings. The Bertz CT molecular complexity index is 476. The van der Waals surface area contributed by atoms with Gasteiger partial charge in [-0.05, 0) is 31.1 Å². The Kier molecular flexibility index (Phi) is 5.38. The second kappa shape index (κ2) is 6.88. The average molecular weight is 310 g/mol. The fourth-order valence-electron chi connectivity index (χ4n) is 3.17. The quantitative estimate of drug-likeness (QED) is 0.776. The number of hydrogen-bond donors (Lipinski definition) is 0. The van der Waals surface area contributed by atoms with Crippen molar-refractivity contribution in [2.24, 2.45) is 11.3 Å². The van der Waals surface area contributed by atoms with Crippen molar-refractivity contribution in [3.63, 3.8) is 0 Å². The molecule has 0 unspecified atom stereocenters. The molecule has 21 heavy (non-hydrogen) atoms. The molecule has 1 aliphatic carbocycles. The molecule has 2 rings (SSSR count). The molecule has 0 atom stereocenters. The summed E-state index contributed by atoms with van der Waals surface area (Å²) >= 11 is 1.62. The van der Waals surface area contributed by atoms with Crippen molar-refractivity contribution in [2.75, 3.05) is 20.3 Å². The van der Waals surface area contributed by atoms with Gasteiger partial charge in [0.2, 0.25) is 5.91 Å². The van der Waals surface area contributed by atoms with Gasteiger partial charge in [-0.1, -0.05) is 13.8 Å². The predicted octanol–water partition coefficient (Wildman–Crippen LogP) is 3.25. The molecule has 1 aromatic heterocycles. The molecule has 1 aliphatic rings. The van der Waals surface area contributed by atoms with Crippen LogP contribution in [0.5, 0.6) is 0 Å². The topological polar surface area (TPSA) is 42.4 Å². The lowest BCUT2D eigenvalue weighted by Crippen LogP contribution is -2.39. The number of thiazole rings is 1. The van der Waals surface area contributed by atoms with E-state index in [2.05, 4.69) is 18.8 Å². The maximum atomic E-state index is 12.6. The van der Waals surface area contributed by atoms with Crippen LogP contribution in [-0.4, -0.2) is 36.1 Å². The van der Waals surface area contributed by atoms with Gasteiger partial charge in [0.15, 0.2) is 0 Å². The second-order valence-corrected chi connectivity index (χ2v) is 7.75. The van der Waals surface area contributed by atoms with Crippen molar-refractivity contribution < 1.29 is 9.53 Å². The number of aryl methyl sites for hydroxylation is 1. The van der Waals surface area contributed by atoms with Gasteiger partial charge in [0.25, 0.3) is 0 Å². The minimum Gasteiger partial charge on any atom is -0.383 e. The molecule has 0 aromatic carbocycles. The van der Waals surface area contributed by atoms with E-state index < -0.39 is 0 Å². The molecule has 4 nitrogen and oxygen atoms in total. The predicted molar refractivity (Wildman–Crippen MR) is 85.3 cm³/mol. The summed E-state index contributed by atoms with van der Waals surface area (Å²) in [5.74, 6) is 0.806. The second-order valence-electron chi connectivity index (χ2n) is 6.81. The van der Waals surface area contributed by atoms with Gasteiger partial charge in [0, 0.05) is 25.0 Å². The lowest BCUT2D eigenvalue weighted by atomic mass is 9.63. The molecular formula is C16H26N2O2S. The third-order valence-electron chi connectivity index (χ3n) is 4.24. The summed E-state index contributed by atoms with van der Waals surface area (Å²) in [6, 6.07) is 0. The number of rotatable bonds is 7. The highest BCUT2D eigenvalue weighted by molar-refractivity contribution is 7.09. The van der Waals surface area contributed by atoms with Crippen LogP contribution in [0.25, 0.3) is 0 Å². The number of ether oxygens (including phenoxy) is 1. The minimum atomic E-state index is 0.250. The first kappa shape index (κ1) is 16.4. The Morgan fingerprint density at radius 3 is 2.76 bits per heavy atom. The Labute approximate surface area is 131 Å². The van der Waals surface area contributed by atoms with Crippen molar-refractivity contribution >= 4 is 17.2 Å². The van der Waals surface area contributed by atoms with Crippen molar-refractivity contribution in [1.82, 2.24) is 9.88 Å². The molecule has 0 saturated heterocycles. The first-order valence-corrected chi connectivity index (χ1v) is 8.45. The lowest BCUT2D eigenvalue weighted by Gasteiger charge is -2.43. The molecule has 0 radical (unpaired) electrons. The molecule has 0 spiro atoms. The van der Waals surface area contributed by atoms with Crippen LogP contribution in [0, 0.1) is 18.3 Å². The highest BCUT2D eigenvalue weighted by Crippen LogP contribution is 2.46. The number of carbonyl (C=O) groups excluding carboxylic acids is 1. The summed E-state index contributed by atoms with van der Waals surface area (Å²) in [5, 5.41) is 0. The Balaban J connectivity index is 1.92. The van der Waals surface area contributed by atoms with Crippen LogP contribution in [0.2, 0.25) is 0 Å². The summed E-state index contributed by atoms with van der Waals surface area (Å²) in [6.07, 6.45) is 3.00. The van der Waals surface area contributed by atoms with Crippen LogP contribution in [0.4, 0.5) is 0 Å². The summed E-state index contributed by atoms with van der Waals surface area (Å²) in [7, 11) is 1.68. The van der Waals surface area contributed by atoms with E-state index >= 15 is 0 Å². The van der Waals surface area contributed by atoms with E-state index in [1.54, 1.807) is 18.4 Å². The molecule has 0 N–H and O–H groups in total. The van der Waals surface area contributed by atoms with Crippen LogP contribution in [0.1, 0.15) is 43.7 Å². The molecule has 5 heteroatoms. The SMILES string of the molecule is COCCN(Cc1scnc1C)C(=O)CC1CC(C)(C)C1. The normalized spacial score (nSPS) is 17.5. The molecule has 0 aliphatic heterocycles. The van der Waals surface area contributed by atoms with Crippen LogP contribution in [0.3, 0.4) is 0 Å². The van der Waals surface area contributed by atoms with Crippen molar-refractivity contribution in [2.45, 2.75) is 46.6 Å². The van der Waals surface area contributed by atoms with E-state index in [-0.39, 0.29) is 5.91 Å². The van der Waals surface area contributed by atoms with Crippen LogP contribution >= 0.6 is 11.3 Å². The molecule has 1 heterocycles. The molecule has 1 fully saturated rings. The van der Waals surface area contributed by atoms with E-state index in [9.17, 15) is 4.79 Å². The highest BCUT2D eigenvalue weighted by atomic mass is 32.1. The maximum absolute atomic E-state index is 12.6. The monoisotopic (exact) mass is 310 g/mol. The van der Waals surface area contributed by atoms with E-state index in [0.29, 0.717) is 37.5 Å². The summed E-state index contributed by atoms with van der Waals surface area (Å²) in [5.41, 5.74) is 3.30. The standard InChI is InChI=1S/C16H26N2O2S/c1-12-14(21-11-17-12)10-18(5-6-20-4)15(19)7-13-8-16(2,3)9-13/h11,13H,5-10H2,1-4H3. The number of nitrogens with zero attached hydrogens (tertiary/aromatic N) is 2. The minimum absolute atomic E-state index is 0.250. The van der Waals surface area contributed by atoms with Gasteiger partial charge in [0.1, 0.15) is 0 Å². The van der Waals surface area contributed by atoms with Gasteiger partial charge in [-0.3, -0.25) is 4.79 Å². The zero-order chi connectivity index (χ0) is 15.5. The van der Waals surface area contributed by atoms with Gasteiger partial charge in [-0.15, -0.1) is 11.3 Å². The van der Waals surface area contributed by atoms with E-state index in [0.717, 1.165) is 18.5 Å². The molecule has 1 saturated carbocycles. The molecule has 1 amide bonds. The van der Waals surface area contributed by atoms with E-state index in [1.807, 2.05) is 17.3 Å². The summed E-state index contributed by atoms with van der Waals surface area (Å²) in [6.45, 7) is 8.45. The van der Waals surface area contributed by atoms with Gasteiger partial charge in [-0.25, -0.2) is 4.98 Å². The maximum Gasteiger partial charge on any atom is 0.223 e. The number of aromatic nitrogens is 1. The zero-order valence-electron chi connectivity index (χ0n) is 13.5. The smallest absolute Gasteiger partial charge is 0.223 e. The summed E-state index contributed by atoms with van der Waals surface area (Å²) < 4.78 is 5.14. The third kappa shape index (κ3) is 4.51. The zero-order valence-corrected chi connectivity index (χ0v) is 14.3. The number of hydrogen-bond acceptors (Lipinski definition) is 4. The van der Waals surface area contributed by atoms with Crippen LogP contribution in [0.15, 0.2) is 5.51 Å². The number of methoxy groups -OCH3 is 1. The van der Waals surface area contributed by atoms with Crippen molar-refractivity contribution in [3.8, 4) is 0 Å². The van der Waals surface area contributed by atoms with Crippen molar-refractivity contribution in [3.05, 3.63) is 16.1 Å². The third-order valence-corrected chi connectivity index (χ3v) is 5.16. The first-order valence-electron chi connectivity index (χ1n) is 7.57. The Morgan fingerprint density at radius 1 is 1.52 bits per heavy atom. The van der Waals surface area contributed by atoms with Crippen LogP contribution < -0.4 is 0 Å².